The standard InChI is InChI=1S/C25H18ClN3O2S2/c1-15-21(23(30)28-18-6-3-2-4-7-18)22(19-8-5-13-32-19)29-24(31)20(33-25(29)27-15)14-16-9-11-17(26)12-10-16/h2-14,22H,1H3,(H,28,30)/b20-14-/t22-/m0/s1. The third-order valence-corrected chi connectivity index (χ3v) is 7.44. The van der Waals surface area contributed by atoms with Gasteiger partial charge in [0.25, 0.3) is 11.5 Å². The predicted octanol–water partition coefficient (Wildman–Crippen LogP) is 4.59. The van der Waals surface area contributed by atoms with Gasteiger partial charge in [-0.2, -0.15) is 0 Å². The van der Waals surface area contributed by atoms with E-state index in [1.165, 1.54) is 22.7 Å². The Morgan fingerprint density at radius 3 is 2.55 bits per heavy atom. The van der Waals surface area contributed by atoms with Crippen LogP contribution in [-0.2, 0) is 4.79 Å². The lowest BCUT2D eigenvalue weighted by molar-refractivity contribution is -0.113. The number of aromatic nitrogens is 1. The topological polar surface area (TPSA) is 63.5 Å². The quantitative estimate of drug-likeness (QED) is 0.454. The molecule has 2 aromatic heterocycles. The van der Waals surface area contributed by atoms with Gasteiger partial charge in [0.1, 0.15) is 6.04 Å². The Morgan fingerprint density at radius 2 is 1.85 bits per heavy atom. The zero-order chi connectivity index (χ0) is 22.9. The third kappa shape index (κ3) is 4.23. The summed E-state index contributed by atoms with van der Waals surface area (Å²) in [6, 6.07) is 19.9. The molecule has 2 aromatic carbocycles. The highest BCUT2D eigenvalue weighted by Crippen LogP contribution is 2.33. The second kappa shape index (κ2) is 8.94. The monoisotopic (exact) mass is 491 g/mol. The normalized spacial score (nSPS) is 15.8. The SMILES string of the molecule is CC1=C(C(=O)Nc2ccccc2)[C@H](c2cccs2)n2c(s/c(=C\c3ccc(Cl)cc3)c2=O)=N1. The maximum Gasteiger partial charge on any atom is 0.271 e. The van der Waals surface area contributed by atoms with E-state index >= 15 is 0 Å². The first-order valence-electron chi connectivity index (χ1n) is 10.2. The summed E-state index contributed by atoms with van der Waals surface area (Å²) in [7, 11) is 0. The summed E-state index contributed by atoms with van der Waals surface area (Å²) in [6.45, 7) is 1.82. The van der Waals surface area contributed by atoms with Gasteiger partial charge >= 0.3 is 0 Å². The van der Waals surface area contributed by atoms with Crippen molar-refractivity contribution in [2.45, 2.75) is 13.0 Å². The Kier molecular flexibility index (Phi) is 5.85. The van der Waals surface area contributed by atoms with Crippen molar-refractivity contribution in [2.75, 3.05) is 5.32 Å². The first-order chi connectivity index (χ1) is 16.0. The second-order valence-corrected chi connectivity index (χ2v) is 9.89. The molecule has 164 valence electrons. The van der Waals surface area contributed by atoms with E-state index in [1.54, 1.807) is 16.7 Å². The van der Waals surface area contributed by atoms with Gasteiger partial charge in [0, 0.05) is 15.6 Å². The number of nitrogens with zero attached hydrogens (tertiary/aromatic N) is 2. The number of benzene rings is 2. The van der Waals surface area contributed by atoms with Crippen molar-refractivity contribution >= 4 is 51.9 Å². The number of amides is 1. The van der Waals surface area contributed by atoms with Crippen LogP contribution in [0.25, 0.3) is 6.08 Å². The number of para-hydroxylation sites is 1. The number of hydrogen-bond donors (Lipinski definition) is 1. The van der Waals surface area contributed by atoms with Crippen molar-refractivity contribution in [1.82, 2.24) is 4.57 Å². The minimum Gasteiger partial charge on any atom is -0.322 e. The van der Waals surface area contributed by atoms with Crippen LogP contribution in [0.2, 0.25) is 5.02 Å². The predicted molar refractivity (Wildman–Crippen MR) is 135 cm³/mol. The van der Waals surface area contributed by atoms with Crippen molar-refractivity contribution in [3.8, 4) is 0 Å². The number of rotatable bonds is 4. The summed E-state index contributed by atoms with van der Waals surface area (Å²) in [5.74, 6) is -0.271. The van der Waals surface area contributed by atoms with Crippen LogP contribution in [0.3, 0.4) is 0 Å². The molecule has 1 N–H and O–H groups in total. The summed E-state index contributed by atoms with van der Waals surface area (Å²) in [6.07, 6.45) is 1.83. The molecule has 0 unspecified atom stereocenters. The average Bonchev–Trinajstić information content (AvgIpc) is 3.44. The van der Waals surface area contributed by atoms with Gasteiger partial charge in [0.15, 0.2) is 4.80 Å². The second-order valence-electron chi connectivity index (χ2n) is 7.47. The number of thiazole rings is 1. The van der Waals surface area contributed by atoms with Crippen molar-refractivity contribution in [3.05, 3.63) is 119 Å². The van der Waals surface area contributed by atoms with E-state index in [-0.39, 0.29) is 11.5 Å². The van der Waals surface area contributed by atoms with Crippen LogP contribution in [0.1, 0.15) is 23.4 Å². The highest BCUT2D eigenvalue weighted by molar-refractivity contribution is 7.10. The summed E-state index contributed by atoms with van der Waals surface area (Å²) in [5, 5.41) is 5.53. The lowest BCUT2D eigenvalue weighted by Gasteiger charge is -2.24. The molecule has 1 atom stereocenters. The van der Waals surface area contributed by atoms with Crippen LogP contribution in [0, 0.1) is 0 Å². The molecule has 1 aliphatic rings. The van der Waals surface area contributed by atoms with Crippen molar-refractivity contribution < 1.29 is 4.79 Å². The Balaban J connectivity index is 1.65. The average molecular weight is 492 g/mol. The molecule has 4 aromatic rings. The summed E-state index contributed by atoms with van der Waals surface area (Å²) in [5.41, 5.74) is 2.44. The van der Waals surface area contributed by atoms with E-state index in [0.29, 0.717) is 31.3 Å². The van der Waals surface area contributed by atoms with Gasteiger partial charge < -0.3 is 5.32 Å². The van der Waals surface area contributed by atoms with Crippen molar-refractivity contribution in [3.63, 3.8) is 0 Å². The van der Waals surface area contributed by atoms with Crippen LogP contribution in [0.4, 0.5) is 5.69 Å². The van der Waals surface area contributed by atoms with E-state index < -0.39 is 6.04 Å². The zero-order valence-corrected chi connectivity index (χ0v) is 19.9. The third-order valence-electron chi connectivity index (χ3n) is 5.28. The molecular formula is C25H18ClN3O2S2. The number of nitrogens with one attached hydrogen (secondary N) is 1. The molecule has 8 heteroatoms. The maximum absolute atomic E-state index is 13.5. The molecule has 0 saturated heterocycles. The van der Waals surface area contributed by atoms with Gasteiger partial charge in [-0.15, -0.1) is 11.3 Å². The molecule has 0 aliphatic carbocycles. The minimum absolute atomic E-state index is 0.176. The number of anilines is 1. The number of fused-ring (bicyclic) bond motifs is 1. The number of carbonyl (C=O) groups is 1. The molecule has 5 rings (SSSR count). The largest absolute Gasteiger partial charge is 0.322 e. The van der Waals surface area contributed by atoms with Gasteiger partial charge in [0.05, 0.1) is 15.8 Å². The Morgan fingerprint density at radius 1 is 1.09 bits per heavy atom. The van der Waals surface area contributed by atoms with Gasteiger partial charge in [-0.3, -0.25) is 14.2 Å². The maximum atomic E-state index is 13.5. The summed E-state index contributed by atoms with van der Waals surface area (Å²) >= 11 is 8.82. The summed E-state index contributed by atoms with van der Waals surface area (Å²) in [4.78, 5) is 33.0. The van der Waals surface area contributed by atoms with Crippen LogP contribution >= 0.6 is 34.3 Å². The summed E-state index contributed by atoms with van der Waals surface area (Å²) < 4.78 is 2.18. The highest BCUT2D eigenvalue weighted by atomic mass is 35.5. The van der Waals surface area contributed by atoms with Crippen molar-refractivity contribution in [2.24, 2.45) is 4.99 Å². The Hall–Kier alpha value is -3.26. The first-order valence-corrected chi connectivity index (χ1v) is 12.3. The number of carbonyl (C=O) groups excluding carboxylic acids is 1. The number of halogens is 1. The smallest absolute Gasteiger partial charge is 0.271 e. The molecule has 0 fully saturated rings. The van der Waals surface area contributed by atoms with Crippen LogP contribution in [-0.4, -0.2) is 10.5 Å². The van der Waals surface area contributed by atoms with E-state index in [1.807, 2.05) is 73.0 Å². The molecule has 0 radical (unpaired) electrons. The molecule has 0 spiro atoms. The first kappa shape index (κ1) is 21.6. The minimum atomic E-state index is -0.544. The van der Waals surface area contributed by atoms with Gasteiger partial charge in [-0.1, -0.05) is 59.3 Å². The molecule has 0 saturated carbocycles. The van der Waals surface area contributed by atoms with Crippen LogP contribution < -0.4 is 20.2 Å². The molecule has 33 heavy (non-hydrogen) atoms. The molecule has 0 bridgehead atoms. The highest BCUT2D eigenvalue weighted by Gasteiger charge is 2.33. The van der Waals surface area contributed by atoms with Crippen LogP contribution in [0.5, 0.6) is 0 Å². The fraction of sp³-hybridized carbons (Fsp3) is 0.0800. The van der Waals surface area contributed by atoms with Crippen molar-refractivity contribution in [1.29, 1.82) is 0 Å². The van der Waals surface area contributed by atoms with Crippen LogP contribution in [0.15, 0.2) is 93.2 Å². The van der Waals surface area contributed by atoms with Gasteiger partial charge in [-0.25, -0.2) is 4.99 Å². The molecule has 1 amide bonds. The fourth-order valence-electron chi connectivity index (χ4n) is 3.76. The lowest BCUT2D eigenvalue weighted by Crippen LogP contribution is -2.40. The molecule has 1 aliphatic heterocycles. The molecular weight excluding hydrogens is 474 g/mol. The number of hydrogen-bond acceptors (Lipinski definition) is 5. The van der Waals surface area contributed by atoms with Gasteiger partial charge in [0.2, 0.25) is 0 Å². The lowest BCUT2D eigenvalue weighted by atomic mass is 10.0. The van der Waals surface area contributed by atoms with Gasteiger partial charge in [-0.05, 0) is 54.3 Å². The number of allylic oxidation sites excluding steroid dienone is 1. The zero-order valence-electron chi connectivity index (χ0n) is 17.5. The fourth-order valence-corrected chi connectivity index (χ4v) is 5.75. The van der Waals surface area contributed by atoms with E-state index in [9.17, 15) is 9.59 Å². The molecule has 5 nitrogen and oxygen atoms in total. The van der Waals surface area contributed by atoms with E-state index in [0.717, 1.165) is 10.4 Å². The van der Waals surface area contributed by atoms with E-state index in [2.05, 4.69) is 10.3 Å². The number of thiophene rings is 1. The van der Waals surface area contributed by atoms with E-state index in [4.69, 9.17) is 11.6 Å². The Labute approximate surface area is 202 Å². The Bertz CT molecular complexity index is 1530. The molecule has 3 heterocycles.